The second-order valence-corrected chi connectivity index (χ2v) is 9.12. The van der Waals surface area contributed by atoms with Gasteiger partial charge < -0.3 is 25.4 Å². The molecule has 7 nitrogen and oxygen atoms in total. The number of epoxide rings is 1. The van der Waals surface area contributed by atoms with Crippen LogP contribution in [0.4, 0.5) is 5.69 Å². The molecule has 2 aliphatic heterocycles. The number of fused-ring (bicyclic) bond motifs is 4. The summed E-state index contributed by atoms with van der Waals surface area (Å²) >= 11 is 0. The minimum atomic E-state index is -1.57. The van der Waals surface area contributed by atoms with Gasteiger partial charge in [-0.2, -0.15) is 0 Å². The number of hydrogen-bond donors (Lipinski definition) is 4. The number of rotatable bonds is 2. The van der Waals surface area contributed by atoms with Crippen molar-refractivity contribution in [3.8, 4) is 29.4 Å². The smallest absolute Gasteiger partial charge is 0.198 e. The van der Waals surface area contributed by atoms with Crippen LogP contribution in [-0.2, 0) is 16.8 Å². The summed E-state index contributed by atoms with van der Waals surface area (Å²) in [6, 6.07) is 5.60. The first-order valence-electron chi connectivity index (χ1n) is 11.4. The van der Waals surface area contributed by atoms with E-state index in [0.717, 1.165) is 5.56 Å². The van der Waals surface area contributed by atoms with Crippen LogP contribution < -0.4 is 5.32 Å². The number of carbonyl (C=O) groups is 2. The first-order valence-corrected chi connectivity index (χ1v) is 11.4. The Morgan fingerprint density at radius 1 is 1.11 bits per heavy atom. The van der Waals surface area contributed by atoms with Crippen LogP contribution in [0.25, 0.3) is 0 Å². The summed E-state index contributed by atoms with van der Waals surface area (Å²) in [6.45, 7) is 3.42. The van der Waals surface area contributed by atoms with Gasteiger partial charge in [-0.1, -0.05) is 48.8 Å². The quantitative estimate of drug-likeness (QED) is 0.258. The summed E-state index contributed by atoms with van der Waals surface area (Å²) < 4.78 is 6.16. The van der Waals surface area contributed by atoms with Crippen LogP contribution in [0.2, 0.25) is 0 Å². The minimum absolute atomic E-state index is 0.000573. The molecule has 35 heavy (non-hydrogen) atoms. The highest BCUT2D eigenvalue weighted by Gasteiger charge is 2.82. The second kappa shape index (κ2) is 7.07. The Morgan fingerprint density at radius 2 is 1.86 bits per heavy atom. The number of aliphatic hydroxyl groups is 2. The molecule has 5 atom stereocenters. The van der Waals surface area contributed by atoms with E-state index in [1.54, 1.807) is 18.2 Å². The van der Waals surface area contributed by atoms with Gasteiger partial charge in [0.2, 0.25) is 0 Å². The summed E-state index contributed by atoms with van der Waals surface area (Å²) in [5, 5.41) is 36.3. The molecule has 174 valence electrons. The van der Waals surface area contributed by atoms with E-state index in [9.17, 15) is 24.9 Å². The number of allylic oxidation sites excluding steroid dienone is 2. The third-order valence-corrected chi connectivity index (χ3v) is 7.45. The summed E-state index contributed by atoms with van der Waals surface area (Å²) in [7, 11) is 0. The maximum atomic E-state index is 13.8. The molecule has 6 rings (SSSR count). The van der Waals surface area contributed by atoms with Gasteiger partial charge in [0.15, 0.2) is 28.9 Å². The van der Waals surface area contributed by atoms with Crippen molar-refractivity contribution in [2.24, 2.45) is 0 Å². The van der Waals surface area contributed by atoms with Gasteiger partial charge in [-0.3, -0.25) is 9.59 Å². The fraction of sp³-hybridized carbons (Fsp3) is 0.286. The average molecular weight is 467 g/mol. The Bertz CT molecular complexity index is 1510. The molecule has 0 radical (unpaired) electrons. The number of anilines is 1. The number of ketones is 2. The van der Waals surface area contributed by atoms with E-state index in [0.29, 0.717) is 6.42 Å². The van der Waals surface area contributed by atoms with Gasteiger partial charge in [0.1, 0.15) is 11.8 Å². The fourth-order valence-corrected chi connectivity index (χ4v) is 5.85. The number of aromatic hydroxyl groups is 1. The van der Waals surface area contributed by atoms with Crippen molar-refractivity contribution in [2.75, 3.05) is 5.32 Å². The van der Waals surface area contributed by atoms with Crippen molar-refractivity contribution < 1.29 is 29.6 Å². The minimum Gasteiger partial charge on any atom is -0.507 e. The normalized spacial score (nSPS) is 30.5. The average Bonchev–Trinajstić information content (AvgIpc) is 3.57. The van der Waals surface area contributed by atoms with Crippen LogP contribution in [0.15, 0.2) is 36.4 Å². The highest BCUT2D eigenvalue weighted by atomic mass is 16.7. The van der Waals surface area contributed by atoms with Gasteiger partial charge in [0.25, 0.3) is 0 Å². The zero-order chi connectivity index (χ0) is 24.7. The standard InChI is InChI=1S/C28H21NO6/c1-3-15-9-8-10-16-21(15)26(34)22-18(31)13-17-24(23(22)25(16)33)29-19-11-6-4-5-7-12-20(32)28(17)27(19,35-28)14(2)30/h4-5,8-10,13-14,19-20,29-32H,3H2,1-2H3/b5-4-/t14-,19+,20+,27+,28+/m1/s1. The van der Waals surface area contributed by atoms with Gasteiger partial charge in [0.05, 0.1) is 22.9 Å². The molecule has 0 spiro atoms. The predicted molar refractivity (Wildman–Crippen MR) is 126 cm³/mol. The molecule has 2 aliphatic carbocycles. The molecule has 1 saturated heterocycles. The topological polar surface area (TPSA) is 119 Å². The molecule has 0 unspecified atom stereocenters. The first-order chi connectivity index (χ1) is 16.8. The van der Waals surface area contributed by atoms with Crippen molar-refractivity contribution in [2.45, 2.75) is 49.7 Å². The van der Waals surface area contributed by atoms with Crippen LogP contribution in [0, 0.1) is 23.7 Å². The lowest BCUT2D eigenvalue weighted by Gasteiger charge is -2.37. The third-order valence-electron chi connectivity index (χ3n) is 7.45. The zero-order valence-electron chi connectivity index (χ0n) is 19.0. The largest absolute Gasteiger partial charge is 0.507 e. The number of hydrogen-bond acceptors (Lipinski definition) is 7. The van der Waals surface area contributed by atoms with Crippen LogP contribution in [0.5, 0.6) is 5.75 Å². The molecular weight excluding hydrogens is 446 g/mol. The highest BCUT2D eigenvalue weighted by Crippen LogP contribution is 2.67. The summed E-state index contributed by atoms with van der Waals surface area (Å²) in [5.74, 6) is 10.0. The third kappa shape index (κ3) is 2.47. The van der Waals surface area contributed by atoms with Crippen molar-refractivity contribution in [1.82, 2.24) is 0 Å². The molecule has 2 heterocycles. The Hall–Kier alpha value is -3.88. The number of phenolic OH excluding ortho intramolecular Hbond substituents is 1. The van der Waals surface area contributed by atoms with E-state index in [1.165, 1.54) is 25.1 Å². The van der Waals surface area contributed by atoms with E-state index in [-0.39, 0.29) is 33.5 Å². The maximum absolute atomic E-state index is 13.8. The molecule has 7 heteroatoms. The maximum Gasteiger partial charge on any atom is 0.198 e. The number of carbonyl (C=O) groups excluding carboxylic acids is 2. The monoisotopic (exact) mass is 467 g/mol. The molecule has 4 aliphatic rings. The second-order valence-electron chi connectivity index (χ2n) is 9.12. The van der Waals surface area contributed by atoms with E-state index >= 15 is 0 Å². The SMILES string of the molecule is CCc1cccc2c1C(=O)c1c(O)cc3c(c1C2=O)N[C@H]1C#C/C=C\C#C[C@H](O)[C@@]32O[C@@]12[C@@H](C)O. The summed E-state index contributed by atoms with van der Waals surface area (Å²) in [5.41, 5.74) is -1.32. The summed E-state index contributed by atoms with van der Waals surface area (Å²) in [6.07, 6.45) is 1.06. The highest BCUT2D eigenvalue weighted by molar-refractivity contribution is 6.31. The molecule has 0 amide bonds. The lowest BCUT2D eigenvalue weighted by molar-refractivity contribution is 0.0867. The van der Waals surface area contributed by atoms with Gasteiger partial charge in [0, 0.05) is 16.7 Å². The number of ether oxygens (including phenoxy) is 1. The van der Waals surface area contributed by atoms with Gasteiger partial charge in [-0.05, 0) is 37.1 Å². The molecule has 2 bridgehead atoms. The predicted octanol–water partition coefficient (Wildman–Crippen LogP) is 1.81. The molecule has 0 aromatic heterocycles. The number of nitrogens with one attached hydrogen (secondary N) is 1. The lowest BCUT2D eigenvalue weighted by Crippen LogP contribution is -2.54. The van der Waals surface area contributed by atoms with Crippen LogP contribution in [0.1, 0.15) is 56.8 Å². The number of phenols is 1. The van der Waals surface area contributed by atoms with E-state index in [4.69, 9.17) is 4.74 Å². The van der Waals surface area contributed by atoms with Crippen molar-refractivity contribution >= 4 is 17.3 Å². The van der Waals surface area contributed by atoms with Gasteiger partial charge in [-0.15, -0.1) is 0 Å². The van der Waals surface area contributed by atoms with E-state index in [2.05, 4.69) is 29.0 Å². The Labute approximate surface area is 201 Å². The number of aryl methyl sites for hydroxylation is 1. The Kier molecular flexibility index (Phi) is 4.37. The Balaban J connectivity index is 1.68. The van der Waals surface area contributed by atoms with E-state index in [1.807, 2.05) is 6.92 Å². The van der Waals surface area contributed by atoms with Crippen molar-refractivity contribution in [3.05, 3.63) is 69.8 Å². The van der Waals surface area contributed by atoms with E-state index < -0.39 is 46.8 Å². The van der Waals surface area contributed by atoms with Gasteiger partial charge >= 0.3 is 0 Å². The van der Waals surface area contributed by atoms with Crippen LogP contribution in [0.3, 0.4) is 0 Å². The van der Waals surface area contributed by atoms with Crippen molar-refractivity contribution in [1.29, 1.82) is 0 Å². The zero-order valence-corrected chi connectivity index (χ0v) is 19.0. The van der Waals surface area contributed by atoms with Crippen molar-refractivity contribution in [3.63, 3.8) is 0 Å². The van der Waals surface area contributed by atoms with Crippen LogP contribution in [-0.4, -0.2) is 50.7 Å². The van der Waals surface area contributed by atoms with Crippen LogP contribution >= 0.6 is 0 Å². The molecule has 2 aromatic rings. The Morgan fingerprint density at radius 3 is 2.57 bits per heavy atom. The molecule has 0 saturated carbocycles. The molecule has 2 aromatic carbocycles. The molecular formula is C28H21NO6. The number of benzene rings is 2. The molecule has 1 fully saturated rings. The van der Waals surface area contributed by atoms with Gasteiger partial charge in [-0.25, -0.2) is 0 Å². The summed E-state index contributed by atoms with van der Waals surface area (Å²) in [4.78, 5) is 27.4. The first kappa shape index (κ1) is 21.6. The lowest BCUT2D eigenvalue weighted by atomic mass is 9.69. The molecule has 4 N–H and O–H groups in total. The fourth-order valence-electron chi connectivity index (χ4n) is 5.85. The number of aliphatic hydroxyl groups excluding tert-OH is 2.